The van der Waals surface area contributed by atoms with E-state index in [4.69, 9.17) is 0 Å². The maximum absolute atomic E-state index is 4.38. The third-order valence-electron chi connectivity index (χ3n) is 2.30. The molecule has 0 amide bonds. The van der Waals surface area contributed by atoms with Gasteiger partial charge in [0, 0.05) is 25.0 Å². The highest BCUT2D eigenvalue weighted by atomic mass is 32.2. The van der Waals surface area contributed by atoms with Gasteiger partial charge in [-0.1, -0.05) is 6.92 Å². The fraction of sp³-hybridized carbons (Fsp3) is 0.700. The summed E-state index contributed by atoms with van der Waals surface area (Å²) >= 11 is 1.91. The molecule has 14 heavy (non-hydrogen) atoms. The van der Waals surface area contributed by atoms with Crippen LogP contribution in [0.4, 0.5) is 5.95 Å². The molecule has 1 aromatic heterocycles. The largest absolute Gasteiger partial charge is 0.359 e. The van der Waals surface area contributed by atoms with Crippen molar-refractivity contribution in [3.8, 4) is 0 Å². The Balaban J connectivity index is 2.57. The van der Waals surface area contributed by atoms with E-state index in [0.717, 1.165) is 18.2 Å². The molecule has 0 spiro atoms. The average molecular weight is 213 g/mol. The smallest absolute Gasteiger partial charge is 0.202 e. The minimum absolute atomic E-state index is 0.711. The van der Waals surface area contributed by atoms with Crippen LogP contribution in [0.25, 0.3) is 0 Å². The lowest BCUT2D eigenvalue weighted by atomic mass is 10.3. The molecule has 0 aliphatic carbocycles. The number of aryl methyl sites for hydroxylation is 2. The van der Waals surface area contributed by atoms with Crippen molar-refractivity contribution in [3.63, 3.8) is 0 Å². The molecule has 3 nitrogen and oxygen atoms in total. The van der Waals surface area contributed by atoms with E-state index in [-0.39, 0.29) is 0 Å². The summed E-state index contributed by atoms with van der Waals surface area (Å²) in [6.07, 6.45) is 5.44. The Morgan fingerprint density at radius 1 is 1.64 bits per heavy atom. The Morgan fingerprint density at radius 2 is 2.36 bits per heavy atom. The summed E-state index contributed by atoms with van der Waals surface area (Å²) < 4.78 is 2.18. The van der Waals surface area contributed by atoms with Crippen LogP contribution in [0.2, 0.25) is 0 Å². The zero-order valence-electron chi connectivity index (χ0n) is 9.37. The van der Waals surface area contributed by atoms with Crippen molar-refractivity contribution in [2.24, 2.45) is 0 Å². The third-order valence-corrected chi connectivity index (χ3v) is 3.34. The second-order valence-electron chi connectivity index (χ2n) is 3.48. The number of aromatic nitrogens is 2. The number of rotatable bonds is 5. The van der Waals surface area contributed by atoms with Gasteiger partial charge in [0.05, 0.1) is 5.69 Å². The Hall–Kier alpha value is -0.640. The van der Waals surface area contributed by atoms with Crippen molar-refractivity contribution < 1.29 is 0 Å². The molecule has 0 aliphatic heterocycles. The van der Waals surface area contributed by atoms with Gasteiger partial charge in [-0.15, -0.1) is 0 Å². The third kappa shape index (κ3) is 2.94. The number of nitrogens with zero attached hydrogens (tertiary/aromatic N) is 2. The average Bonchev–Trinajstić information content (AvgIpc) is 2.55. The maximum Gasteiger partial charge on any atom is 0.202 e. The lowest BCUT2D eigenvalue weighted by molar-refractivity contribution is 0.645. The van der Waals surface area contributed by atoms with Crippen molar-refractivity contribution in [2.75, 3.05) is 18.6 Å². The Bertz CT molecular complexity index is 283. The van der Waals surface area contributed by atoms with E-state index in [1.807, 2.05) is 25.7 Å². The van der Waals surface area contributed by atoms with E-state index < -0.39 is 0 Å². The molecular weight excluding hydrogens is 194 g/mol. The molecule has 0 fully saturated rings. The highest BCUT2D eigenvalue weighted by molar-refractivity contribution is 7.99. The van der Waals surface area contributed by atoms with Crippen molar-refractivity contribution in [1.82, 2.24) is 9.55 Å². The number of hydrogen-bond donors (Lipinski definition) is 1. The molecule has 0 aromatic carbocycles. The van der Waals surface area contributed by atoms with Crippen molar-refractivity contribution in [2.45, 2.75) is 32.1 Å². The molecule has 80 valence electrons. The first-order chi connectivity index (χ1) is 6.67. The Morgan fingerprint density at radius 3 is 2.93 bits per heavy atom. The number of thioether (sulfide) groups is 1. The van der Waals surface area contributed by atoms with E-state index in [9.17, 15) is 0 Å². The second-order valence-corrected chi connectivity index (χ2v) is 4.76. The van der Waals surface area contributed by atoms with Crippen molar-refractivity contribution in [1.29, 1.82) is 0 Å². The Kier molecular flexibility index (Phi) is 4.32. The minimum atomic E-state index is 0.711. The van der Waals surface area contributed by atoms with Crippen LogP contribution in [-0.4, -0.2) is 28.1 Å². The van der Waals surface area contributed by atoms with Gasteiger partial charge in [-0.05, 0) is 19.6 Å². The molecule has 1 aromatic rings. The zero-order chi connectivity index (χ0) is 10.6. The molecule has 0 radical (unpaired) electrons. The molecule has 1 rings (SSSR count). The van der Waals surface area contributed by atoms with Crippen LogP contribution >= 0.6 is 11.8 Å². The summed E-state index contributed by atoms with van der Waals surface area (Å²) in [5.74, 6) is 0.968. The molecule has 0 bridgehead atoms. The lowest BCUT2D eigenvalue weighted by Crippen LogP contribution is -2.07. The van der Waals surface area contributed by atoms with Crippen LogP contribution in [0.15, 0.2) is 6.20 Å². The van der Waals surface area contributed by atoms with Gasteiger partial charge in [0.15, 0.2) is 0 Å². The number of imidazole rings is 1. The topological polar surface area (TPSA) is 29.9 Å². The van der Waals surface area contributed by atoms with E-state index in [1.54, 1.807) is 0 Å². The summed E-state index contributed by atoms with van der Waals surface area (Å²) in [6, 6.07) is 0. The standard InChI is InChI=1S/C10H19N3S/c1-8-7-13(10(11-3)12-8)6-5-9(2)14-4/h7,9H,5-6H2,1-4H3,(H,11,12). The van der Waals surface area contributed by atoms with Crippen LogP contribution in [0.5, 0.6) is 0 Å². The second kappa shape index (κ2) is 5.29. The quantitative estimate of drug-likeness (QED) is 0.814. The summed E-state index contributed by atoms with van der Waals surface area (Å²) in [4.78, 5) is 4.38. The fourth-order valence-electron chi connectivity index (χ4n) is 1.36. The monoisotopic (exact) mass is 213 g/mol. The summed E-state index contributed by atoms with van der Waals surface area (Å²) in [5.41, 5.74) is 1.08. The molecule has 0 aliphatic rings. The molecule has 4 heteroatoms. The van der Waals surface area contributed by atoms with Gasteiger partial charge in [0.1, 0.15) is 0 Å². The van der Waals surface area contributed by atoms with E-state index in [2.05, 4.69) is 34.2 Å². The maximum atomic E-state index is 4.38. The number of anilines is 1. The molecule has 0 saturated heterocycles. The van der Waals surface area contributed by atoms with E-state index >= 15 is 0 Å². The van der Waals surface area contributed by atoms with Crippen molar-refractivity contribution in [3.05, 3.63) is 11.9 Å². The van der Waals surface area contributed by atoms with Crippen LogP contribution in [0.1, 0.15) is 19.0 Å². The van der Waals surface area contributed by atoms with Crippen LogP contribution in [0, 0.1) is 6.92 Å². The van der Waals surface area contributed by atoms with Crippen LogP contribution in [0.3, 0.4) is 0 Å². The summed E-state index contributed by atoms with van der Waals surface area (Å²) in [7, 11) is 1.91. The molecular formula is C10H19N3S. The SMILES string of the molecule is CNc1nc(C)cn1CCC(C)SC. The minimum Gasteiger partial charge on any atom is -0.359 e. The van der Waals surface area contributed by atoms with E-state index in [0.29, 0.717) is 5.25 Å². The first kappa shape index (κ1) is 11.4. The van der Waals surface area contributed by atoms with Gasteiger partial charge < -0.3 is 9.88 Å². The van der Waals surface area contributed by atoms with Crippen LogP contribution < -0.4 is 5.32 Å². The first-order valence-corrected chi connectivity index (χ1v) is 6.20. The zero-order valence-corrected chi connectivity index (χ0v) is 10.2. The summed E-state index contributed by atoms with van der Waals surface area (Å²) in [5, 5.41) is 3.81. The highest BCUT2D eigenvalue weighted by Crippen LogP contribution is 2.14. The summed E-state index contributed by atoms with van der Waals surface area (Å²) in [6.45, 7) is 5.32. The Labute approximate surface area is 90.3 Å². The lowest BCUT2D eigenvalue weighted by Gasteiger charge is -2.10. The molecule has 0 saturated carbocycles. The number of nitrogens with one attached hydrogen (secondary N) is 1. The molecule has 1 heterocycles. The highest BCUT2D eigenvalue weighted by Gasteiger charge is 2.05. The molecule has 1 atom stereocenters. The first-order valence-electron chi connectivity index (χ1n) is 4.91. The number of hydrogen-bond acceptors (Lipinski definition) is 3. The fourth-order valence-corrected chi connectivity index (χ4v) is 1.70. The van der Waals surface area contributed by atoms with Gasteiger partial charge in [0.25, 0.3) is 0 Å². The molecule has 1 unspecified atom stereocenters. The van der Waals surface area contributed by atoms with Gasteiger partial charge in [-0.25, -0.2) is 4.98 Å². The van der Waals surface area contributed by atoms with Gasteiger partial charge >= 0.3 is 0 Å². The predicted octanol–water partition coefficient (Wildman–Crippen LogP) is 2.37. The normalized spacial score (nSPS) is 12.9. The van der Waals surface area contributed by atoms with Crippen LogP contribution in [-0.2, 0) is 6.54 Å². The van der Waals surface area contributed by atoms with E-state index in [1.165, 1.54) is 6.42 Å². The van der Waals surface area contributed by atoms with Gasteiger partial charge in [-0.2, -0.15) is 11.8 Å². The van der Waals surface area contributed by atoms with Gasteiger partial charge in [-0.3, -0.25) is 0 Å². The molecule has 1 N–H and O–H groups in total. The predicted molar refractivity (Wildman–Crippen MR) is 64.1 cm³/mol. The van der Waals surface area contributed by atoms with Gasteiger partial charge in [0.2, 0.25) is 5.95 Å². The van der Waals surface area contributed by atoms with Crippen molar-refractivity contribution >= 4 is 17.7 Å².